The highest BCUT2D eigenvalue weighted by Crippen LogP contribution is 2.38. The number of nitrogens with one attached hydrogen (secondary N) is 1. The normalized spacial score (nSPS) is 15.7. The summed E-state index contributed by atoms with van der Waals surface area (Å²) in [6.07, 6.45) is 1.71. The van der Waals surface area contributed by atoms with Crippen LogP contribution in [0.2, 0.25) is 0 Å². The summed E-state index contributed by atoms with van der Waals surface area (Å²) in [5.74, 6) is 0.707. The van der Waals surface area contributed by atoms with E-state index >= 15 is 0 Å². The van der Waals surface area contributed by atoms with Crippen molar-refractivity contribution >= 4 is 28.5 Å². The molecule has 1 atom stereocenters. The van der Waals surface area contributed by atoms with E-state index < -0.39 is 5.60 Å². The van der Waals surface area contributed by atoms with Gasteiger partial charge in [-0.05, 0) is 43.7 Å². The van der Waals surface area contributed by atoms with Crippen LogP contribution in [0.5, 0.6) is 5.75 Å². The minimum atomic E-state index is -0.675. The van der Waals surface area contributed by atoms with Crippen molar-refractivity contribution in [3.8, 4) is 5.75 Å². The fourth-order valence-electron chi connectivity index (χ4n) is 3.62. The highest BCUT2D eigenvalue weighted by molar-refractivity contribution is 5.95. The van der Waals surface area contributed by atoms with Crippen molar-refractivity contribution in [2.24, 2.45) is 0 Å². The Morgan fingerprint density at radius 2 is 2.07 bits per heavy atom. The monoisotopic (exact) mass is 393 g/mol. The van der Waals surface area contributed by atoms with Gasteiger partial charge in [-0.25, -0.2) is 14.8 Å². The molecule has 29 heavy (non-hydrogen) atoms. The van der Waals surface area contributed by atoms with Crippen LogP contribution < -0.4 is 10.1 Å². The molecule has 4 rings (SSSR count). The maximum absolute atomic E-state index is 12.0. The number of methoxy groups -OCH3 is 1. The zero-order valence-electron chi connectivity index (χ0n) is 16.8. The van der Waals surface area contributed by atoms with Gasteiger partial charge in [0.05, 0.1) is 23.6 Å². The van der Waals surface area contributed by atoms with Gasteiger partial charge in [-0.1, -0.05) is 13.0 Å². The van der Waals surface area contributed by atoms with Crippen molar-refractivity contribution < 1.29 is 19.4 Å². The quantitative estimate of drug-likeness (QED) is 0.635. The van der Waals surface area contributed by atoms with E-state index in [-0.39, 0.29) is 18.5 Å². The second-order valence-electron chi connectivity index (χ2n) is 7.68. The predicted octanol–water partition coefficient (Wildman–Crippen LogP) is 3.88. The number of cyclic esters (lactones) is 1. The number of ether oxygens (including phenoxy) is 2. The van der Waals surface area contributed by atoms with Gasteiger partial charge in [0.15, 0.2) is 0 Å². The lowest BCUT2D eigenvalue weighted by atomic mass is 9.95. The number of hydrogen-bond acceptors (Lipinski definition) is 7. The molecule has 0 bridgehead atoms. The molecule has 0 saturated carbocycles. The van der Waals surface area contributed by atoms with Crippen molar-refractivity contribution in [1.82, 2.24) is 9.97 Å². The molecule has 1 unspecified atom stereocenters. The third-order valence-electron chi connectivity index (χ3n) is 5.26. The number of hydrogen-bond donors (Lipinski definition) is 2. The second-order valence-corrected chi connectivity index (χ2v) is 7.68. The molecule has 0 fully saturated rings. The topological polar surface area (TPSA) is 93.6 Å². The number of esters is 1. The van der Waals surface area contributed by atoms with Crippen LogP contribution in [0.1, 0.15) is 48.2 Å². The molecule has 0 saturated heterocycles. The largest absolute Gasteiger partial charge is 0.496 e. The van der Waals surface area contributed by atoms with Gasteiger partial charge in [-0.2, -0.15) is 0 Å². The molecule has 1 aliphatic heterocycles. The minimum absolute atomic E-state index is 0.0160. The number of carbonyl (C=O) groups is 1. The van der Waals surface area contributed by atoms with E-state index in [1.54, 1.807) is 25.4 Å². The Kier molecular flexibility index (Phi) is 4.62. The number of anilines is 2. The molecular weight excluding hydrogens is 370 g/mol. The predicted molar refractivity (Wildman–Crippen MR) is 110 cm³/mol. The minimum Gasteiger partial charge on any atom is -0.496 e. The van der Waals surface area contributed by atoms with E-state index in [2.05, 4.69) is 15.3 Å². The Morgan fingerprint density at radius 1 is 1.28 bits per heavy atom. The fraction of sp³-hybridized carbons (Fsp3) is 0.318. The lowest BCUT2D eigenvalue weighted by Crippen LogP contribution is -2.16. The SMILES string of the molecule is COc1ccc(C(C)CO)c2nc(Nc3ccc4c(c3)C(C)(C)OC4=O)ncc12. The maximum Gasteiger partial charge on any atom is 0.339 e. The van der Waals surface area contributed by atoms with Gasteiger partial charge in [0, 0.05) is 30.0 Å². The summed E-state index contributed by atoms with van der Waals surface area (Å²) in [7, 11) is 1.60. The van der Waals surface area contributed by atoms with E-state index in [1.807, 2.05) is 39.0 Å². The van der Waals surface area contributed by atoms with Gasteiger partial charge in [-0.15, -0.1) is 0 Å². The number of aliphatic hydroxyl groups is 1. The third kappa shape index (κ3) is 3.27. The molecule has 150 valence electrons. The van der Waals surface area contributed by atoms with Crippen LogP contribution in [0, 0.1) is 0 Å². The Hall–Kier alpha value is -3.19. The fourth-order valence-corrected chi connectivity index (χ4v) is 3.62. The van der Waals surface area contributed by atoms with E-state index in [0.29, 0.717) is 17.3 Å². The van der Waals surface area contributed by atoms with Crippen LogP contribution in [0.25, 0.3) is 10.9 Å². The Balaban J connectivity index is 1.75. The Morgan fingerprint density at radius 3 is 2.79 bits per heavy atom. The van der Waals surface area contributed by atoms with Crippen LogP contribution in [-0.2, 0) is 10.3 Å². The summed E-state index contributed by atoms with van der Waals surface area (Å²) in [5, 5.41) is 13.6. The van der Waals surface area contributed by atoms with E-state index in [9.17, 15) is 9.90 Å². The molecular formula is C22H23N3O4. The standard InChI is InChI=1S/C22H23N3O4/c1-12(11-26)14-7-8-18(28-4)16-10-23-21(25-19(14)16)24-13-5-6-15-17(9-13)22(2,3)29-20(15)27/h5-10,12,26H,11H2,1-4H3,(H,23,24,25). The van der Waals surface area contributed by atoms with Crippen molar-refractivity contribution in [2.75, 3.05) is 19.0 Å². The van der Waals surface area contributed by atoms with Gasteiger partial charge in [0.2, 0.25) is 5.95 Å². The van der Waals surface area contributed by atoms with Crippen molar-refractivity contribution in [3.05, 3.63) is 53.2 Å². The van der Waals surface area contributed by atoms with E-state index in [4.69, 9.17) is 9.47 Å². The van der Waals surface area contributed by atoms with Crippen LogP contribution >= 0.6 is 0 Å². The summed E-state index contributed by atoms with van der Waals surface area (Å²) >= 11 is 0. The molecule has 7 heteroatoms. The van der Waals surface area contributed by atoms with E-state index in [1.165, 1.54) is 0 Å². The number of rotatable bonds is 5. The molecule has 7 nitrogen and oxygen atoms in total. The third-order valence-corrected chi connectivity index (χ3v) is 5.26. The maximum atomic E-state index is 12.0. The number of carbonyl (C=O) groups excluding carboxylic acids is 1. The number of aliphatic hydroxyl groups excluding tert-OH is 1. The molecule has 0 spiro atoms. The zero-order valence-corrected chi connectivity index (χ0v) is 16.8. The highest BCUT2D eigenvalue weighted by atomic mass is 16.6. The van der Waals surface area contributed by atoms with Crippen molar-refractivity contribution in [2.45, 2.75) is 32.3 Å². The first-order chi connectivity index (χ1) is 13.8. The molecule has 3 aromatic rings. The molecule has 2 N–H and O–H groups in total. The second kappa shape index (κ2) is 7.00. The summed E-state index contributed by atoms with van der Waals surface area (Å²) in [6.45, 7) is 5.68. The van der Waals surface area contributed by atoms with Crippen LogP contribution in [0.3, 0.4) is 0 Å². The highest BCUT2D eigenvalue weighted by Gasteiger charge is 2.37. The Bertz CT molecular complexity index is 1110. The smallest absolute Gasteiger partial charge is 0.339 e. The van der Waals surface area contributed by atoms with Crippen LogP contribution in [0.15, 0.2) is 36.5 Å². The average molecular weight is 393 g/mol. The molecule has 2 aromatic carbocycles. The summed E-state index contributed by atoms with van der Waals surface area (Å²) in [6, 6.07) is 9.21. The number of nitrogens with zero attached hydrogens (tertiary/aromatic N) is 2. The van der Waals surface area contributed by atoms with Crippen LogP contribution in [0.4, 0.5) is 11.6 Å². The Labute approximate surface area is 168 Å². The molecule has 0 radical (unpaired) electrons. The number of aromatic nitrogens is 2. The summed E-state index contributed by atoms with van der Waals surface area (Å²) in [5.41, 5.74) is 3.12. The van der Waals surface area contributed by atoms with Crippen molar-refractivity contribution in [1.29, 1.82) is 0 Å². The van der Waals surface area contributed by atoms with Gasteiger partial charge in [0.25, 0.3) is 0 Å². The van der Waals surface area contributed by atoms with Crippen molar-refractivity contribution in [3.63, 3.8) is 0 Å². The molecule has 2 heterocycles. The average Bonchev–Trinajstić information content (AvgIpc) is 2.94. The van der Waals surface area contributed by atoms with Gasteiger partial charge >= 0.3 is 5.97 Å². The number of fused-ring (bicyclic) bond motifs is 2. The lowest BCUT2D eigenvalue weighted by Gasteiger charge is -2.18. The van der Waals surface area contributed by atoms with Gasteiger partial charge < -0.3 is 19.9 Å². The summed E-state index contributed by atoms with van der Waals surface area (Å²) < 4.78 is 10.9. The summed E-state index contributed by atoms with van der Waals surface area (Å²) in [4.78, 5) is 21.1. The molecule has 1 aromatic heterocycles. The number of benzene rings is 2. The molecule has 1 aliphatic rings. The molecule has 0 amide bonds. The zero-order chi connectivity index (χ0) is 20.8. The van der Waals surface area contributed by atoms with Gasteiger partial charge in [-0.3, -0.25) is 0 Å². The van der Waals surface area contributed by atoms with Gasteiger partial charge in [0.1, 0.15) is 11.4 Å². The first kappa shape index (κ1) is 19.1. The first-order valence-corrected chi connectivity index (χ1v) is 9.43. The van der Waals surface area contributed by atoms with Crippen LogP contribution in [-0.4, -0.2) is 34.8 Å². The lowest BCUT2D eigenvalue weighted by molar-refractivity contribution is 0.00955. The molecule has 0 aliphatic carbocycles. The first-order valence-electron chi connectivity index (χ1n) is 9.43. The van der Waals surface area contributed by atoms with E-state index in [0.717, 1.165) is 27.7 Å².